The number of rotatable bonds is 2. The molecule has 3 heterocycles. The number of likely N-dealkylation sites (tertiary alicyclic amines) is 1. The van der Waals surface area contributed by atoms with E-state index < -0.39 is 0 Å². The minimum absolute atomic E-state index is 0.0814. The number of fused-ring (bicyclic) bond motifs is 1. The zero-order chi connectivity index (χ0) is 15.6. The van der Waals surface area contributed by atoms with E-state index in [0.717, 1.165) is 63.5 Å². The third-order valence-corrected chi connectivity index (χ3v) is 5.40. The molecule has 2 fully saturated rings. The van der Waals surface area contributed by atoms with Crippen molar-refractivity contribution in [3.05, 3.63) is 11.6 Å². The van der Waals surface area contributed by atoms with Crippen molar-refractivity contribution in [3.8, 4) is 0 Å². The molecule has 0 aromatic carbocycles. The summed E-state index contributed by atoms with van der Waals surface area (Å²) in [6.45, 7) is 3.43. The molecule has 4 rings (SSSR count). The van der Waals surface area contributed by atoms with Crippen LogP contribution in [0.1, 0.15) is 62.6 Å². The first-order chi connectivity index (χ1) is 11.3. The van der Waals surface area contributed by atoms with Gasteiger partial charge in [0.15, 0.2) is 5.82 Å². The summed E-state index contributed by atoms with van der Waals surface area (Å²) in [7, 11) is 0. The number of amides is 2. The number of hydrogen-bond acceptors (Lipinski definition) is 4. The molecule has 23 heavy (non-hydrogen) atoms. The Bertz CT molecular complexity index is 565. The summed E-state index contributed by atoms with van der Waals surface area (Å²) in [5.41, 5.74) is 0. The van der Waals surface area contributed by atoms with Gasteiger partial charge in [-0.25, -0.2) is 4.79 Å². The minimum atomic E-state index is 0.0814. The summed E-state index contributed by atoms with van der Waals surface area (Å²) in [5.74, 6) is 1.96. The highest BCUT2D eigenvalue weighted by molar-refractivity contribution is 5.75. The van der Waals surface area contributed by atoms with Crippen LogP contribution in [0.15, 0.2) is 0 Å². The van der Waals surface area contributed by atoms with E-state index in [1.54, 1.807) is 0 Å². The number of nitrogens with zero attached hydrogens (tertiary/aromatic N) is 4. The molecule has 1 atom stereocenters. The first-order valence-electron chi connectivity index (χ1n) is 9.03. The van der Waals surface area contributed by atoms with Crippen LogP contribution >= 0.6 is 0 Å². The van der Waals surface area contributed by atoms with E-state index in [0.29, 0.717) is 6.04 Å². The molecular weight excluding hydrogens is 292 g/mol. The van der Waals surface area contributed by atoms with Crippen molar-refractivity contribution in [2.75, 3.05) is 13.1 Å². The Morgan fingerprint density at radius 2 is 1.96 bits per heavy atom. The van der Waals surface area contributed by atoms with Crippen LogP contribution in [-0.2, 0) is 13.1 Å². The van der Waals surface area contributed by atoms with Gasteiger partial charge >= 0.3 is 6.03 Å². The second-order valence-corrected chi connectivity index (χ2v) is 6.94. The Morgan fingerprint density at radius 3 is 2.83 bits per heavy atom. The Labute approximate surface area is 136 Å². The molecule has 1 aromatic heterocycles. The standard InChI is InChI=1S/C16H26N6O/c23-16(18-12-5-2-1-3-6-12)21-9-4-7-13(21)15-20-19-14-11-17-8-10-22(14)15/h12-13,17H,1-11H2,(H,18,23). The van der Waals surface area contributed by atoms with E-state index in [4.69, 9.17) is 0 Å². The number of aromatic nitrogens is 3. The van der Waals surface area contributed by atoms with Gasteiger partial charge in [-0.15, -0.1) is 10.2 Å². The maximum absolute atomic E-state index is 12.7. The third-order valence-electron chi connectivity index (χ3n) is 5.40. The Hall–Kier alpha value is -1.63. The summed E-state index contributed by atoms with van der Waals surface area (Å²) in [6.07, 6.45) is 8.05. The Morgan fingerprint density at radius 1 is 1.09 bits per heavy atom. The minimum Gasteiger partial charge on any atom is -0.335 e. The van der Waals surface area contributed by atoms with Crippen LogP contribution in [0, 0.1) is 0 Å². The number of hydrogen-bond donors (Lipinski definition) is 2. The molecule has 0 radical (unpaired) electrons. The highest BCUT2D eigenvalue weighted by atomic mass is 16.2. The van der Waals surface area contributed by atoms with Crippen LogP contribution in [-0.4, -0.2) is 44.8 Å². The molecule has 1 unspecified atom stereocenters. The molecule has 3 aliphatic rings. The molecule has 1 aliphatic carbocycles. The van der Waals surface area contributed by atoms with Gasteiger partial charge < -0.3 is 20.1 Å². The smallest absolute Gasteiger partial charge is 0.318 e. The van der Waals surface area contributed by atoms with Gasteiger partial charge in [0.25, 0.3) is 0 Å². The van der Waals surface area contributed by atoms with Gasteiger partial charge in [-0.05, 0) is 25.7 Å². The lowest BCUT2D eigenvalue weighted by Crippen LogP contribution is -2.45. The lowest BCUT2D eigenvalue weighted by molar-refractivity contribution is 0.182. The molecule has 1 saturated heterocycles. The molecule has 1 aromatic rings. The van der Waals surface area contributed by atoms with Crippen molar-refractivity contribution in [2.45, 2.75) is 70.1 Å². The molecule has 1 saturated carbocycles. The summed E-state index contributed by atoms with van der Waals surface area (Å²) in [4.78, 5) is 14.7. The fourth-order valence-corrected chi connectivity index (χ4v) is 4.14. The van der Waals surface area contributed by atoms with Crippen molar-refractivity contribution >= 4 is 6.03 Å². The monoisotopic (exact) mass is 318 g/mol. The van der Waals surface area contributed by atoms with E-state index in [-0.39, 0.29) is 12.1 Å². The highest BCUT2D eigenvalue weighted by Crippen LogP contribution is 2.32. The average molecular weight is 318 g/mol. The SMILES string of the molecule is O=C(NC1CCCCC1)N1CCCC1c1nnc2n1CCNC2. The van der Waals surface area contributed by atoms with Gasteiger partial charge in [0.05, 0.1) is 12.6 Å². The lowest BCUT2D eigenvalue weighted by atomic mass is 9.96. The second kappa shape index (κ2) is 6.47. The van der Waals surface area contributed by atoms with Gasteiger partial charge in [0.2, 0.25) is 0 Å². The van der Waals surface area contributed by atoms with Gasteiger partial charge in [-0.2, -0.15) is 0 Å². The fraction of sp³-hybridized carbons (Fsp3) is 0.812. The summed E-state index contributed by atoms with van der Waals surface area (Å²) in [6, 6.07) is 0.526. The van der Waals surface area contributed by atoms with Crippen LogP contribution in [0.3, 0.4) is 0 Å². The van der Waals surface area contributed by atoms with Crippen LogP contribution in [0.4, 0.5) is 4.79 Å². The van der Waals surface area contributed by atoms with Gasteiger partial charge in [0.1, 0.15) is 5.82 Å². The summed E-state index contributed by atoms with van der Waals surface area (Å²) < 4.78 is 2.20. The topological polar surface area (TPSA) is 75.1 Å². The van der Waals surface area contributed by atoms with E-state index >= 15 is 0 Å². The normalized spacial score (nSPS) is 25.4. The number of urea groups is 1. The maximum atomic E-state index is 12.7. The molecule has 2 amide bonds. The third kappa shape index (κ3) is 2.94. The van der Waals surface area contributed by atoms with E-state index in [9.17, 15) is 4.79 Å². The molecule has 126 valence electrons. The molecule has 7 heteroatoms. The Balaban J connectivity index is 1.48. The zero-order valence-electron chi connectivity index (χ0n) is 13.6. The molecule has 0 spiro atoms. The predicted molar refractivity (Wildman–Crippen MR) is 85.8 cm³/mol. The first-order valence-corrected chi connectivity index (χ1v) is 9.03. The van der Waals surface area contributed by atoms with E-state index in [1.165, 1.54) is 19.3 Å². The van der Waals surface area contributed by atoms with Crippen LogP contribution in [0.5, 0.6) is 0 Å². The molecule has 0 bridgehead atoms. The first kappa shape index (κ1) is 14.9. The fourth-order valence-electron chi connectivity index (χ4n) is 4.14. The number of nitrogens with one attached hydrogen (secondary N) is 2. The number of carbonyl (C=O) groups excluding carboxylic acids is 1. The van der Waals surface area contributed by atoms with Gasteiger partial charge in [0, 0.05) is 25.7 Å². The van der Waals surface area contributed by atoms with Crippen molar-refractivity contribution in [1.82, 2.24) is 30.3 Å². The van der Waals surface area contributed by atoms with Crippen LogP contribution in [0.2, 0.25) is 0 Å². The second-order valence-electron chi connectivity index (χ2n) is 6.94. The summed E-state index contributed by atoms with van der Waals surface area (Å²) >= 11 is 0. The van der Waals surface area contributed by atoms with Crippen LogP contribution in [0.25, 0.3) is 0 Å². The average Bonchev–Trinajstić information content (AvgIpc) is 3.22. The van der Waals surface area contributed by atoms with Crippen molar-refractivity contribution in [2.24, 2.45) is 0 Å². The lowest BCUT2D eigenvalue weighted by Gasteiger charge is -2.29. The van der Waals surface area contributed by atoms with Gasteiger partial charge in [-0.3, -0.25) is 0 Å². The van der Waals surface area contributed by atoms with Crippen molar-refractivity contribution in [3.63, 3.8) is 0 Å². The van der Waals surface area contributed by atoms with Gasteiger partial charge in [-0.1, -0.05) is 19.3 Å². The molecular formula is C16H26N6O. The summed E-state index contributed by atoms with van der Waals surface area (Å²) in [5, 5.41) is 15.3. The quantitative estimate of drug-likeness (QED) is 0.868. The molecule has 7 nitrogen and oxygen atoms in total. The van der Waals surface area contributed by atoms with E-state index in [2.05, 4.69) is 25.4 Å². The zero-order valence-corrected chi connectivity index (χ0v) is 13.6. The van der Waals surface area contributed by atoms with Crippen LogP contribution < -0.4 is 10.6 Å². The largest absolute Gasteiger partial charge is 0.335 e. The molecule has 2 aliphatic heterocycles. The van der Waals surface area contributed by atoms with Crippen molar-refractivity contribution in [1.29, 1.82) is 0 Å². The Kier molecular flexibility index (Phi) is 4.20. The van der Waals surface area contributed by atoms with Crippen molar-refractivity contribution < 1.29 is 4.79 Å². The predicted octanol–water partition coefficient (Wildman–Crippen LogP) is 1.56. The highest BCUT2D eigenvalue weighted by Gasteiger charge is 2.35. The number of carbonyl (C=O) groups is 1. The molecule has 2 N–H and O–H groups in total. The maximum Gasteiger partial charge on any atom is 0.318 e. The van der Waals surface area contributed by atoms with E-state index in [1.807, 2.05) is 4.90 Å².